The third-order valence-electron chi connectivity index (χ3n) is 4.94. The van der Waals surface area contributed by atoms with E-state index in [4.69, 9.17) is 0 Å². The Labute approximate surface area is 193 Å². The maximum absolute atomic E-state index is 10.8. The van der Waals surface area contributed by atoms with Crippen molar-refractivity contribution in [3.8, 4) is 0 Å². The Bertz CT molecular complexity index is 1130. The van der Waals surface area contributed by atoms with Gasteiger partial charge in [0.1, 0.15) is 11.9 Å². The Morgan fingerprint density at radius 1 is 1.03 bits per heavy atom. The van der Waals surface area contributed by atoms with Crippen LogP contribution in [0.2, 0.25) is 0 Å². The molecule has 0 fully saturated rings. The van der Waals surface area contributed by atoms with Gasteiger partial charge in [-0.05, 0) is 73.0 Å². The molecule has 9 heteroatoms. The van der Waals surface area contributed by atoms with Crippen molar-refractivity contribution in [2.24, 2.45) is 10.2 Å². The molecule has 0 aliphatic rings. The molecule has 0 saturated carbocycles. The van der Waals surface area contributed by atoms with E-state index in [2.05, 4.69) is 58.5 Å². The van der Waals surface area contributed by atoms with Crippen molar-refractivity contribution >= 4 is 38.0 Å². The Balaban J connectivity index is 1.63. The second-order valence-corrected chi connectivity index (χ2v) is 10.2. The lowest BCUT2D eigenvalue weighted by atomic mass is 10.2. The number of rotatable bonds is 11. The van der Waals surface area contributed by atoms with Crippen molar-refractivity contribution in [3.63, 3.8) is 0 Å². The predicted molar refractivity (Wildman–Crippen MR) is 127 cm³/mol. The van der Waals surface area contributed by atoms with E-state index in [0.717, 1.165) is 34.5 Å². The van der Waals surface area contributed by atoms with Gasteiger partial charge in [-0.15, -0.1) is 0 Å². The molecule has 0 aliphatic carbocycles. The molecule has 0 spiro atoms. The molecule has 0 unspecified atom stereocenters. The van der Waals surface area contributed by atoms with Crippen LogP contribution in [0.15, 0.2) is 71.0 Å². The van der Waals surface area contributed by atoms with Crippen LogP contribution < -0.4 is 9.47 Å². The molecule has 1 aromatic heterocycles. The van der Waals surface area contributed by atoms with Crippen molar-refractivity contribution in [1.82, 2.24) is 0 Å². The van der Waals surface area contributed by atoms with Gasteiger partial charge in [0.15, 0.2) is 0 Å². The van der Waals surface area contributed by atoms with Gasteiger partial charge >= 0.3 is 5.13 Å². The topological polar surface area (TPSA) is 89.0 Å². The SMILES string of the molecule is CCN(Cc1ccccc1)c1ccc(N=Nc2sc(C)c[n+]2CCCCS(=O)(=O)[O-])cc1. The molecule has 32 heavy (non-hydrogen) atoms. The van der Waals surface area contributed by atoms with Crippen molar-refractivity contribution in [2.45, 2.75) is 39.8 Å². The minimum Gasteiger partial charge on any atom is -0.748 e. The number of hydrogen-bond donors (Lipinski definition) is 0. The molecule has 0 N–H and O–H groups in total. The van der Waals surface area contributed by atoms with Gasteiger partial charge < -0.3 is 9.45 Å². The third kappa shape index (κ3) is 7.51. The van der Waals surface area contributed by atoms with Crippen molar-refractivity contribution in [1.29, 1.82) is 0 Å². The number of aromatic nitrogens is 1. The minimum absolute atomic E-state index is 0.334. The standard InChI is InChI=1S/C23H28N4O3S2/c1-3-26(18-20-9-5-4-6-10-20)22-13-11-21(12-14-22)24-25-23-27(17-19(2)31-23)15-7-8-16-32(28,29)30/h4-6,9-14,17H,3,7-8,15-16,18H2,1-2H3. The Hall–Kier alpha value is -2.62. The summed E-state index contributed by atoms with van der Waals surface area (Å²) in [7, 11) is -4.16. The van der Waals surface area contributed by atoms with Gasteiger partial charge in [0, 0.05) is 29.4 Å². The van der Waals surface area contributed by atoms with Gasteiger partial charge in [0.2, 0.25) is 0 Å². The van der Waals surface area contributed by atoms with Crippen LogP contribution in [0.5, 0.6) is 0 Å². The number of unbranched alkanes of at least 4 members (excludes halogenated alkanes) is 1. The monoisotopic (exact) mass is 472 g/mol. The number of aryl methyl sites for hydroxylation is 2. The number of benzene rings is 2. The van der Waals surface area contributed by atoms with Crippen molar-refractivity contribution < 1.29 is 17.5 Å². The first-order valence-corrected chi connectivity index (χ1v) is 13.0. The Morgan fingerprint density at radius 2 is 1.75 bits per heavy atom. The fourth-order valence-electron chi connectivity index (χ4n) is 3.32. The van der Waals surface area contributed by atoms with E-state index in [0.29, 0.717) is 19.4 Å². The minimum atomic E-state index is -4.16. The Morgan fingerprint density at radius 3 is 2.41 bits per heavy atom. The van der Waals surface area contributed by atoms with Gasteiger partial charge in [-0.3, -0.25) is 0 Å². The molecule has 7 nitrogen and oxygen atoms in total. The zero-order valence-corrected chi connectivity index (χ0v) is 20.0. The molecule has 170 valence electrons. The summed E-state index contributed by atoms with van der Waals surface area (Å²) in [6, 6.07) is 18.4. The average Bonchev–Trinajstić information content (AvgIpc) is 3.13. The van der Waals surface area contributed by atoms with Crippen LogP contribution in [0.25, 0.3) is 0 Å². The molecule has 0 amide bonds. The van der Waals surface area contributed by atoms with E-state index in [-0.39, 0.29) is 5.75 Å². The fraction of sp³-hybridized carbons (Fsp3) is 0.348. The molecule has 0 radical (unpaired) electrons. The first-order valence-electron chi connectivity index (χ1n) is 10.6. The average molecular weight is 473 g/mol. The van der Waals surface area contributed by atoms with E-state index >= 15 is 0 Å². The predicted octanol–water partition coefficient (Wildman–Crippen LogP) is 5.11. The van der Waals surface area contributed by atoms with Gasteiger partial charge in [0.05, 0.1) is 21.8 Å². The van der Waals surface area contributed by atoms with Crippen molar-refractivity contribution in [3.05, 3.63) is 71.2 Å². The van der Waals surface area contributed by atoms with E-state index in [1.807, 2.05) is 35.9 Å². The largest absolute Gasteiger partial charge is 0.748 e. The Kier molecular flexibility index (Phi) is 8.49. The lowest BCUT2D eigenvalue weighted by Crippen LogP contribution is -2.31. The summed E-state index contributed by atoms with van der Waals surface area (Å²) in [5.74, 6) is -0.334. The smallest absolute Gasteiger partial charge is 0.408 e. The molecular weight excluding hydrogens is 444 g/mol. The number of hydrogen-bond acceptors (Lipinski definition) is 7. The molecule has 1 heterocycles. The number of anilines is 1. The van der Waals surface area contributed by atoms with Crippen LogP contribution in [0.3, 0.4) is 0 Å². The van der Waals surface area contributed by atoms with Gasteiger partial charge in [-0.1, -0.05) is 30.3 Å². The highest BCUT2D eigenvalue weighted by Gasteiger charge is 2.15. The summed E-state index contributed by atoms with van der Waals surface area (Å²) < 4.78 is 34.2. The highest BCUT2D eigenvalue weighted by atomic mass is 32.2. The first kappa shape index (κ1) is 24.0. The van der Waals surface area contributed by atoms with Crippen LogP contribution in [0, 0.1) is 6.92 Å². The molecule has 3 aromatic rings. The summed E-state index contributed by atoms with van der Waals surface area (Å²) in [6.07, 6.45) is 2.90. The van der Waals surface area contributed by atoms with Gasteiger partial charge in [0.25, 0.3) is 0 Å². The number of nitrogens with zero attached hydrogens (tertiary/aromatic N) is 4. The van der Waals surface area contributed by atoms with E-state index < -0.39 is 10.1 Å². The van der Waals surface area contributed by atoms with E-state index in [1.165, 1.54) is 16.9 Å². The third-order valence-corrected chi connectivity index (χ3v) is 6.66. The van der Waals surface area contributed by atoms with E-state index in [9.17, 15) is 13.0 Å². The molecule has 2 aromatic carbocycles. The molecule has 0 aliphatic heterocycles. The zero-order valence-electron chi connectivity index (χ0n) is 18.3. The lowest BCUT2D eigenvalue weighted by molar-refractivity contribution is -0.680. The summed E-state index contributed by atoms with van der Waals surface area (Å²) in [5, 5.41) is 9.52. The van der Waals surface area contributed by atoms with Crippen molar-refractivity contribution in [2.75, 3.05) is 17.2 Å². The zero-order chi connectivity index (χ0) is 23.0. The summed E-state index contributed by atoms with van der Waals surface area (Å²) in [6.45, 7) is 6.47. The molecule has 0 atom stereocenters. The van der Waals surface area contributed by atoms with Crippen LogP contribution in [0.1, 0.15) is 30.2 Å². The summed E-state index contributed by atoms with van der Waals surface area (Å²) >= 11 is 1.52. The van der Waals surface area contributed by atoms with Crippen LogP contribution in [0.4, 0.5) is 16.5 Å². The maximum Gasteiger partial charge on any atom is 0.408 e. The normalized spacial score (nSPS) is 11.8. The van der Waals surface area contributed by atoms with E-state index in [1.54, 1.807) is 0 Å². The number of thiazole rings is 1. The van der Waals surface area contributed by atoms with Gasteiger partial charge in [-0.25, -0.2) is 13.0 Å². The maximum atomic E-state index is 10.8. The second kappa shape index (κ2) is 11.3. The molecule has 0 bridgehead atoms. The summed E-state index contributed by atoms with van der Waals surface area (Å²) in [5.41, 5.74) is 3.16. The van der Waals surface area contributed by atoms with Crippen LogP contribution >= 0.6 is 11.3 Å². The molecular formula is C23H28N4O3S2. The molecule has 3 rings (SSSR count). The number of azo groups is 1. The molecule has 0 saturated heterocycles. The lowest BCUT2D eigenvalue weighted by Gasteiger charge is -2.23. The quantitative estimate of drug-likeness (QED) is 0.168. The van der Waals surface area contributed by atoms with Gasteiger partial charge in [-0.2, -0.15) is 0 Å². The fourth-order valence-corrected chi connectivity index (χ4v) is 4.69. The van der Waals surface area contributed by atoms with Crippen LogP contribution in [-0.2, 0) is 23.2 Å². The second-order valence-electron chi connectivity index (χ2n) is 7.50. The first-order chi connectivity index (χ1) is 15.3. The van der Waals surface area contributed by atoms with Crippen LogP contribution in [-0.4, -0.2) is 25.3 Å². The highest BCUT2D eigenvalue weighted by molar-refractivity contribution is 7.85. The highest BCUT2D eigenvalue weighted by Crippen LogP contribution is 2.25. The summed E-state index contributed by atoms with van der Waals surface area (Å²) in [4.78, 5) is 3.39.